The summed E-state index contributed by atoms with van der Waals surface area (Å²) in [5, 5.41) is 2.79. The molecule has 7 nitrogen and oxygen atoms in total. The Morgan fingerprint density at radius 2 is 1.63 bits per heavy atom. The topological polar surface area (TPSA) is 75.3 Å². The molecule has 1 heterocycles. The third kappa shape index (κ3) is 5.75. The predicted molar refractivity (Wildman–Crippen MR) is 118 cm³/mol. The molecule has 8 heteroatoms. The maximum absolute atomic E-state index is 12.2. The van der Waals surface area contributed by atoms with Crippen LogP contribution in [0.15, 0.2) is 18.2 Å². The molecule has 0 bridgehead atoms. The van der Waals surface area contributed by atoms with Crippen LogP contribution in [-0.4, -0.2) is 43.9 Å². The molecule has 0 aromatic heterocycles. The van der Waals surface area contributed by atoms with Crippen LogP contribution < -0.4 is 10.8 Å². The zero-order valence-electron chi connectivity index (χ0n) is 20.0. The summed E-state index contributed by atoms with van der Waals surface area (Å²) in [6, 6.07) is 5.56. The molecule has 1 aliphatic rings. The monoisotopic (exact) mass is 421 g/mol. The van der Waals surface area contributed by atoms with Gasteiger partial charge in [-0.25, -0.2) is 4.79 Å². The first kappa shape index (κ1) is 24.7. The van der Waals surface area contributed by atoms with Gasteiger partial charge in [0.25, 0.3) is 0 Å². The molecule has 168 valence electrons. The highest BCUT2D eigenvalue weighted by atomic mass is 16.7. The zero-order chi connectivity index (χ0) is 23.0. The molecule has 2 rings (SSSR count). The van der Waals surface area contributed by atoms with Gasteiger partial charge in [-0.15, -0.1) is 0 Å². The lowest BCUT2D eigenvalue weighted by molar-refractivity contribution is -0.117. The van der Waals surface area contributed by atoms with Crippen molar-refractivity contribution in [2.24, 2.45) is 0 Å². The average molecular weight is 421 g/mol. The summed E-state index contributed by atoms with van der Waals surface area (Å²) in [4.78, 5) is 12.2. The summed E-state index contributed by atoms with van der Waals surface area (Å²) >= 11 is 0. The van der Waals surface area contributed by atoms with E-state index in [0.29, 0.717) is 5.69 Å². The highest BCUT2D eigenvalue weighted by molar-refractivity contribution is 6.62. The van der Waals surface area contributed by atoms with Gasteiger partial charge in [0.1, 0.15) is 12.4 Å². The minimum Gasteiger partial charge on any atom is -0.444 e. The van der Waals surface area contributed by atoms with E-state index in [1.165, 1.54) is 0 Å². The number of rotatable bonds is 6. The van der Waals surface area contributed by atoms with Crippen molar-refractivity contribution in [3.8, 4) is 0 Å². The van der Waals surface area contributed by atoms with E-state index in [1.807, 2.05) is 74.4 Å². The van der Waals surface area contributed by atoms with Crippen molar-refractivity contribution >= 4 is 24.4 Å². The minimum absolute atomic E-state index is 0.125. The standard InChI is InChI=1S/C22H36BNO6/c1-19(2,3)28-18(25)24-15-11-12-17(16(13-15)20(4,5)27-14-26-10)23-29-21(6,7)22(8,9)30-23/h11-13H,14H2,1-10H3,(H,24,25). The van der Waals surface area contributed by atoms with Gasteiger partial charge in [0.15, 0.2) is 0 Å². The number of amides is 1. The van der Waals surface area contributed by atoms with E-state index in [0.717, 1.165) is 11.0 Å². The quantitative estimate of drug-likeness (QED) is 0.549. The van der Waals surface area contributed by atoms with Crippen molar-refractivity contribution in [2.75, 3.05) is 19.2 Å². The number of methoxy groups -OCH3 is 1. The molecule has 0 atom stereocenters. The molecule has 30 heavy (non-hydrogen) atoms. The van der Waals surface area contributed by atoms with Gasteiger partial charge in [-0.2, -0.15) is 0 Å². The number of benzene rings is 1. The van der Waals surface area contributed by atoms with Crippen molar-refractivity contribution in [1.29, 1.82) is 0 Å². The lowest BCUT2D eigenvalue weighted by Gasteiger charge is -2.32. The Kier molecular flexibility index (Phi) is 6.98. The molecule has 1 aromatic rings. The van der Waals surface area contributed by atoms with Crippen LogP contribution in [0.25, 0.3) is 0 Å². The number of hydrogen-bond donors (Lipinski definition) is 1. The Morgan fingerprint density at radius 3 is 2.13 bits per heavy atom. The molecule has 1 N–H and O–H groups in total. The van der Waals surface area contributed by atoms with Gasteiger partial charge in [0.2, 0.25) is 0 Å². The van der Waals surface area contributed by atoms with Crippen LogP contribution in [0.2, 0.25) is 0 Å². The van der Waals surface area contributed by atoms with Crippen molar-refractivity contribution in [1.82, 2.24) is 0 Å². The Bertz CT molecular complexity index is 753. The number of ether oxygens (including phenoxy) is 3. The summed E-state index contributed by atoms with van der Waals surface area (Å²) in [5.74, 6) is 0. The van der Waals surface area contributed by atoms with Gasteiger partial charge in [-0.05, 0) is 85.5 Å². The third-order valence-electron chi connectivity index (χ3n) is 5.39. The van der Waals surface area contributed by atoms with Gasteiger partial charge in [0, 0.05) is 12.8 Å². The highest BCUT2D eigenvalue weighted by Crippen LogP contribution is 2.38. The Hall–Kier alpha value is -1.61. The van der Waals surface area contributed by atoms with Crippen molar-refractivity contribution in [2.45, 2.75) is 84.7 Å². The molecule has 1 aliphatic heterocycles. The number of carbonyl (C=O) groups is 1. The number of carbonyl (C=O) groups excluding carboxylic acids is 1. The van der Waals surface area contributed by atoms with E-state index in [-0.39, 0.29) is 6.79 Å². The summed E-state index contributed by atoms with van der Waals surface area (Å²) in [6.07, 6.45) is -0.521. The van der Waals surface area contributed by atoms with Crippen molar-refractivity contribution in [3.63, 3.8) is 0 Å². The largest absolute Gasteiger partial charge is 0.495 e. The highest BCUT2D eigenvalue weighted by Gasteiger charge is 2.52. The van der Waals surface area contributed by atoms with Crippen LogP contribution >= 0.6 is 0 Å². The lowest BCUT2D eigenvalue weighted by atomic mass is 9.72. The molecule has 1 amide bonds. The van der Waals surface area contributed by atoms with E-state index in [1.54, 1.807) is 13.2 Å². The zero-order valence-corrected chi connectivity index (χ0v) is 20.0. The molecule has 1 fully saturated rings. The minimum atomic E-state index is -0.722. The van der Waals surface area contributed by atoms with Gasteiger partial charge in [0.05, 0.1) is 16.8 Å². The fourth-order valence-electron chi connectivity index (χ4n) is 3.04. The van der Waals surface area contributed by atoms with Crippen LogP contribution in [0.5, 0.6) is 0 Å². The molecule has 0 radical (unpaired) electrons. The van der Waals surface area contributed by atoms with Crippen LogP contribution in [0.3, 0.4) is 0 Å². The second-order valence-electron chi connectivity index (χ2n) is 10.1. The summed E-state index contributed by atoms with van der Waals surface area (Å²) in [7, 11) is 1.01. The maximum atomic E-state index is 12.2. The number of anilines is 1. The second kappa shape index (κ2) is 8.50. The van der Waals surface area contributed by atoms with Crippen LogP contribution in [0, 0.1) is 0 Å². The normalized spacial score (nSPS) is 18.4. The van der Waals surface area contributed by atoms with Gasteiger partial charge in [-0.3, -0.25) is 5.32 Å². The maximum Gasteiger partial charge on any atom is 0.495 e. The fraction of sp³-hybridized carbons (Fsp3) is 0.682. The van der Waals surface area contributed by atoms with Gasteiger partial charge < -0.3 is 23.5 Å². The first-order valence-electron chi connectivity index (χ1n) is 10.2. The second-order valence-corrected chi connectivity index (χ2v) is 10.1. The molecule has 0 aliphatic carbocycles. The van der Waals surface area contributed by atoms with Crippen LogP contribution in [0.1, 0.15) is 67.9 Å². The first-order chi connectivity index (χ1) is 13.6. The summed E-state index contributed by atoms with van der Waals surface area (Å²) in [5.41, 5.74) is 0.00115. The molecule has 0 unspecified atom stereocenters. The van der Waals surface area contributed by atoms with Crippen molar-refractivity contribution < 1.29 is 28.3 Å². The van der Waals surface area contributed by atoms with Gasteiger partial charge in [-0.1, -0.05) is 6.07 Å². The van der Waals surface area contributed by atoms with Crippen LogP contribution in [-0.2, 0) is 29.1 Å². The lowest BCUT2D eigenvalue weighted by Crippen LogP contribution is -2.41. The van der Waals surface area contributed by atoms with Gasteiger partial charge >= 0.3 is 13.2 Å². The number of nitrogens with one attached hydrogen (secondary N) is 1. The Morgan fingerprint density at radius 1 is 1.07 bits per heavy atom. The molecular formula is C22H36BNO6. The fourth-order valence-corrected chi connectivity index (χ4v) is 3.04. The van der Waals surface area contributed by atoms with E-state index in [4.69, 9.17) is 23.5 Å². The number of hydrogen-bond acceptors (Lipinski definition) is 6. The Balaban J connectivity index is 2.41. The van der Waals surface area contributed by atoms with Crippen molar-refractivity contribution in [3.05, 3.63) is 23.8 Å². The van der Waals surface area contributed by atoms with E-state index in [9.17, 15) is 4.79 Å². The third-order valence-corrected chi connectivity index (χ3v) is 5.39. The average Bonchev–Trinajstić information content (AvgIpc) is 2.79. The molecular weight excluding hydrogens is 385 g/mol. The molecule has 1 saturated heterocycles. The van der Waals surface area contributed by atoms with Crippen LogP contribution in [0.4, 0.5) is 10.5 Å². The molecule has 0 spiro atoms. The van der Waals surface area contributed by atoms with E-state index < -0.39 is 35.6 Å². The molecule has 0 saturated carbocycles. The smallest absolute Gasteiger partial charge is 0.444 e. The summed E-state index contributed by atoms with van der Waals surface area (Å²) < 4.78 is 28.9. The van der Waals surface area contributed by atoms with E-state index >= 15 is 0 Å². The predicted octanol–water partition coefficient (Wildman–Crippen LogP) is 4.19. The SMILES string of the molecule is COCOC(C)(C)c1cc(NC(=O)OC(C)(C)C)ccc1B1OC(C)(C)C(C)(C)O1. The van der Waals surface area contributed by atoms with E-state index in [2.05, 4.69) is 5.32 Å². The Labute approximate surface area is 180 Å². The first-order valence-corrected chi connectivity index (χ1v) is 10.2. The molecule has 1 aromatic carbocycles. The summed E-state index contributed by atoms with van der Waals surface area (Å²) in [6.45, 7) is 17.5.